The average molecular weight is 379 g/mol. The Morgan fingerprint density at radius 1 is 1.23 bits per heavy atom. The van der Waals surface area contributed by atoms with Gasteiger partial charge in [0.2, 0.25) is 15.9 Å². The van der Waals surface area contributed by atoms with Gasteiger partial charge in [0.25, 0.3) is 0 Å². The Morgan fingerprint density at radius 2 is 1.92 bits per heavy atom. The maximum Gasteiger partial charge on any atom is 0.358 e. The number of carbonyl (C=O) groups excluding carboxylic acids is 1. The summed E-state index contributed by atoms with van der Waals surface area (Å²) >= 11 is 0. The molecule has 1 aliphatic carbocycles. The van der Waals surface area contributed by atoms with Gasteiger partial charge in [-0.3, -0.25) is 4.79 Å². The minimum atomic E-state index is -3.56. The first-order valence-corrected chi connectivity index (χ1v) is 9.35. The number of aromatic carboxylic acids is 1. The van der Waals surface area contributed by atoms with E-state index in [-0.39, 0.29) is 17.1 Å². The van der Waals surface area contributed by atoms with Gasteiger partial charge in [0.1, 0.15) is 6.54 Å². The lowest BCUT2D eigenvalue weighted by molar-refractivity contribution is -0.116. The van der Waals surface area contributed by atoms with Gasteiger partial charge in [-0.2, -0.15) is 0 Å². The normalized spacial score (nSPS) is 14.2. The minimum absolute atomic E-state index is 0.124. The molecule has 10 nitrogen and oxygen atoms in total. The molecule has 26 heavy (non-hydrogen) atoms. The summed E-state index contributed by atoms with van der Waals surface area (Å²) in [6.45, 7) is 0.223. The van der Waals surface area contributed by atoms with E-state index in [1.807, 2.05) is 0 Å². The van der Waals surface area contributed by atoms with Crippen LogP contribution in [0.2, 0.25) is 0 Å². The third-order valence-corrected chi connectivity index (χ3v) is 5.21. The van der Waals surface area contributed by atoms with Gasteiger partial charge in [-0.1, -0.05) is 5.21 Å². The second kappa shape index (κ2) is 7.22. The summed E-state index contributed by atoms with van der Waals surface area (Å²) in [5.41, 5.74) is 0.153. The third-order valence-electron chi connectivity index (χ3n) is 3.77. The first-order valence-electron chi connectivity index (χ1n) is 7.86. The van der Waals surface area contributed by atoms with Gasteiger partial charge in [-0.05, 0) is 43.0 Å². The smallest absolute Gasteiger partial charge is 0.358 e. The molecule has 1 aromatic heterocycles. The summed E-state index contributed by atoms with van der Waals surface area (Å²) in [6, 6.07) is 5.77. The molecule has 1 amide bonds. The molecular formula is C15H17N5O5S. The van der Waals surface area contributed by atoms with Crippen molar-refractivity contribution in [3.05, 3.63) is 36.2 Å². The van der Waals surface area contributed by atoms with Gasteiger partial charge in [0, 0.05) is 12.2 Å². The largest absolute Gasteiger partial charge is 0.476 e. The molecule has 0 radical (unpaired) electrons. The van der Waals surface area contributed by atoms with Crippen LogP contribution in [0.3, 0.4) is 0 Å². The predicted octanol–water partition coefficient (Wildman–Crippen LogP) is 0.303. The van der Waals surface area contributed by atoms with Crippen LogP contribution in [0.25, 0.3) is 0 Å². The molecule has 138 valence electrons. The molecule has 0 atom stereocenters. The van der Waals surface area contributed by atoms with E-state index in [0.29, 0.717) is 18.2 Å². The first kappa shape index (κ1) is 18.0. The lowest BCUT2D eigenvalue weighted by Gasteiger charge is -2.08. The number of carboxylic acids is 1. The maximum absolute atomic E-state index is 12.1. The van der Waals surface area contributed by atoms with Crippen molar-refractivity contribution >= 4 is 27.6 Å². The van der Waals surface area contributed by atoms with E-state index in [2.05, 4.69) is 20.4 Å². The Bertz CT molecular complexity index is 918. The van der Waals surface area contributed by atoms with Gasteiger partial charge >= 0.3 is 5.97 Å². The Kier molecular flexibility index (Phi) is 5.00. The molecule has 1 fully saturated rings. The van der Waals surface area contributed by atoms with Crippen molar-refractivity contribution in [1.82, 2.24) is 19.7 Å². The Balaban J connectivity index is 1.57. The number of anilines is 1. The van der Waals surface area contributed by atoms with Crippen LogP contribution in [-0.2, 0) is 21.4 Å². The Hall–Kier alpha value is -2.79. The number of carbonyl (C=O) groups is 2. The molecule has 0 aliphatic heterocycles. The van der Waals surface area contributed by atoms with E-state index in [0.717, 1.165) is 23.7 Å². The second-order valence-corrected chi connectivity index (χ2v) is 7.74. The van der Waals surface area contributed by atoms with Crippen molar-refractivity contribution in [3.8, 4) is 0 Å². The lowest BCUT2D eigenvalue weighted by Crippen LogP contribution is -2.25. The number of carboxylic acid groups (broad SMARTS) is 1. The molecule has 1 aliphatic rings. The molecule has 11 heteroatoms. The van der Waals surface area contributed by atoms with Crippen molar-refractivity contribution in [3.63, 3.8) is 0 Å². The fourth-order valence-corrected chi connectivity index (χ4v) is 3.29. The zero-order chi connectivity index (χ0) is 18.7. The summed E-state index contributed by atoms with van der Waals surface area (Å²) in [5, 5.41) is 18.3. The number of aromatic nitrogens is 3. The lowest BCUT2D eigenvalue weighted by atomic mass is 10.3. The van der Waals surface area contributed by atoms with Crippen LogP contribution in [0, 0.1) is 5.92 Å². The second-order valence-electron chi connectivity index (χ2n) is 5.97. The van der Waals surface area contributed by atoms with E-state index in [9.17, 15) is 18.0 Å². The van der Waals surface area contributed by atoms with Crippen LogP contribution in [0.4, 0.5) is 5.69 Å². The first-order chi connectivity index (χ1) is 12.3. The molecule has 0 spiro atoms. The molecule has 1 saturated carbocycles. The highest BCUT2D eigenvalue weighted by atomic mass is 32.2. The van der Waals surface area contributed by atoms with Crippen LogP contribution in [-0.4, -0.2) is 46.9 Å². The number of amides is 1. The van der Waals surface area contributed by atoms with E-state index >= 15 is 0 Å². The third kappa shape index (κ3) is 4.64. The Morgan fingerprint density at radius 3 is 2.50 bits per heavy atom. The number of rotatable bonds is 8. The Labute approximate surface area is 149 Å². The van der Waals surface area contributed by atoms with E-state index in [1.165, 1.54) is 24.3 Å². The highest BCUT2D eigenvalue weighted by Gasteiger charge is 2.24. The standard InChI is InChI=1S/C15H17N5O5S/c21-14(9-20-8-13(15(22)23)18-19-20)17-11-3-5-12(6-4-11)26(24,25)16-7-10-1-2-10/h3-6,8,10,16H,1-2,7,9H2,(H,17,21)(H,22,23). The summed E-state index contributed by atoms with van der Waals surface area (Å²) in [5.74, 6) is -1.25. The van der Waals surface area contributed by atoms with Gasteiger partial charge < -0.3 is 10.4 Å². The molecule has 0 saturated heterocycles. The summed E-state index contributed by atoms with van der Waals surface area (Å²) in [4.78, 5) is 22.8. The summed E-state index contributed by atoms with van der Waals surface area (Å²) in [6.07, 6.45) is 3.24. The number of nitrogens with zero attached hydrogens (tertiary/aromatic N) is 3. The molecule has 0 bridgehead atoms. The zero-order valence-corrected chi connectivity index (χ0v) is 14.4. The van der Waals surface area contributed by atoms with Crippen LogP contribution >= 0.6 is 0 Å². The highest BCUT2D eigenvalue weighted by molar-refractivity contribution is 7.89. The van der Waals surface area contributed by atoms with Gasteiger partial charge in [-0.15, -0.1) is 5.10 Å². The molecule has 1 heterocycles. The molecule has 3 N–H and O–H groups in total. The van der Waals surface area contributed by atoms with E-state index in [4.69, 9.17) is 5.11 Å². The molecular weight excluding hydrogens is 362 g/mol. The number of hydrogen-bond acceptors (Lipinski definition) is 6. The van der Waals surface area contributed by atoms with E-state index in [1.54, 1.807) is 0 Å². The van der Waals surface area contributed by atoms with Crippen LogP contribution in [0.15, 0.2) is 35.4 Å². The fourth-order valence-electron chi connectivity index (χ4n) is 2.17. The molecule has 1 aromatic carbocycles. The fraction of sp³-hybridized carbons (Fsp3) is 0.333. The SMILES string of the molecule is O=C(Cn1cc(C(=O)O)nn1)Nc1ccc(S(=O)(=O)NCC2CC2)cc1. The van der Waals surface area contributed by atoms with Crippen LogP contribution in [0.1, 0.15) is 23.3 Å². The molecule has 2 aromatic rings. The van der Waals surface area contributed by atoms with Crippen molar-refractivity contribution < 1.29 is 23.1 Å². The average Bonchev–Trinajstić information content (AvgIpc) is 3.31. The van der Waals surface area contributed by atoms with Gasteiger partial charge in [0.05, 0.1) is 11.1 Å². The highest BCUT2D eigenvalue weighted by Crippen LogP contribution is 2.28. The number of hydrogen-bond donors (Lipinski definition) is 3. The molecule has 3 rings (SSSR count). The van der Waals surface area contributed by atoms with Crippen molar-refractivity contribution in [1.29, 1.82) is 0 Å². The van der Waals surface area contributed by atoms with E-state index < -0.39 is 21.9 Å². The monoisotopic (exact) mass is 379 g/mol. The molecule has 0 unspecified atom stereocenters. The van der Waals surface area contributed by atoms with Crippen molar-refractivity contribution in [2.75, 3.05) is 11.9 Å². The zero-order valence-electron chi connectivity index (χ0n) is 13.6. The van der Waals surface area contributed by atoms with Crippen LogP contribution < -0.4 is 10.0 Å². The predicted molar refractivity (Wildman–Crippen MR) is 90.0 cm³/mol. The van der Waals surface area contributed by atoms with Gasteiger partial charge in [-0.25, -0.2) is 22.6 Å². The minimum Gasteiger partial charge on any atom is -0.476 e. The summed E-state index contributed by atoms with van der Waals surface area (Å²) in [7, 11) is -3.56. The quantitative estimate of drug-likeness (QED) is 0.598. The number of benzene rings is 1. The van der Waals surface area contributed by atoms with Gasteiger partial charge in [0.15, 0.2) is 5.69 Å². The summed E-state index contributed by atoms with van der Waals surface area (Å²) < 4.78 is 27.9. The number of nitrogens with one attached hydrogen (secondary N) is 2. The van der Waals surface area contributed by atoms with Crippen LogP contribution in [0.5, 0.6) is 0 Å². The van der Waals surface area contributed by atoms with Crippen molar-refractivity contribution in [2.45, 2.75) is 24.3 Å². The maximum atomic E-state index is 12.1. The van der Waals surface area contributed by atoms with Crippen molar-refractivity contribution in [2.24, 2.45) is 5.92 Å². The topological polar surface area (TPSA) is 143 Å². The number of sulfonamides is 1.